The van der Waals surface area contributed by atoms with E-state index in [1.807, 2.05) is 0 Å². The first-order chi connectivity index (χ1) is 10.7. The number of nitrogens with one attached hydrogen (secondary N) is 2. The van der Waals surface area contributed by atoms with E-state index in [0.717, 1.165) is 0 Å². The zero-order chi connectivity index (χ0) is 15.8. The molecule has 7 nitrogen and oxygen atoms in total. The third kappa shape index (κ3) is 4.41. The second kappa shape index (κ2) is 7.53. The van der Waals surface area contributed by atoms with Gasteiger partial charge >= 0.3 is 0 Å². The van der Waals surface area contributed by atoms with Crippen molar-refractivity contribution < 1.29 is 14.7 Å². The van der Waals surface area contributed by atoms with Gasteiger partial charge in [0.15, 0.2) is 0 Å². The molecule has 0 atom stereocenters. The lowest BCUT2D eigenvalue weighted by atomic mass is 10.2. The molecule has 1 aromatic carbocycles. The Bertz CT molecular complexity index is 686. The lowest BCUT2D eigenvalue weighted by Crippen LogP contribution is -2.34. The number of carbonyl (C=O) groups excluding carboxylic acids is 2. The number of phenols is 1. The van der Waals surface area contributed by atoms with Gasteiger partial charge in [0.2, 0.25) is 0 Å². The number of amides is 2. The Morgan fingerprint density at radius 1 is 1.18 bits per heavy atom. The topological polar surface area (TPSA) is 104 Å². The molecule has 2 amide bonds. The van der Waals surface area contributed by atoms with Crippen LogP contribution in [-0.4, -0.2) is 34.7 Å². The summed E-state index contributed by atoms with van der Waals surface area (Å²) in [6.07, 6.45) is 3.00. The van der Waals surface area contributed by atoms with Crippen molar-refractivity contribution in [2.75, 3.05) is 6.54 Å². The minimum absolute atomic E-state index is 0.104. The molecule has 0 saturated carbocycles. The quantitative estimate of drug-likeness (QED) is 0.557. The second-order valence-electron chi connectivity index (χ2n) is 4.25. The van der Waals surface area contributed by atoms with Gasteiger partial charge in [0.1, 0.15) is 5.75 Å². The lowest BCUT2D eigenvalue weighted by molar-refractivity contribution is -0.120. The molecule has 0 aliphatic heterocycles. The number of nitrogens with zero attached hydrogens (tertiary/aromatic N) is 2. The fraction of sp³-hybridized carbons (Fsp3) is 0.0667. The average Bonchev–Trinajstić information content (AvgIpc) is 2.54. The van der Waals surface area contributed by atoms with Crippen LogP contribution in [0.1, 0.15) is 16.1 Å². The highest BCUT2D eigenvalue weighted by Gasteiger charge is 2.10. The molecular weight excluding hydrogens is 284 g/mol. The molecule has 2 aromatic rings. The summed E-state index contributed by atoms with van der Waals surface area (Å²) in [5.74, 6) is -1.17. The SMILES string of the molecule is O=C(CNC(=O)c1ccccc1O)N/N=C\c1ccccn1. The summed E-state index contributed by atoms with van der Waals surface area (Å²) >= 11 is 0. The van der Waals surface area contributed by atoms with Crippen molar-refractivity contribution in [2.24, 2.45) is 5.10 Å². The van der Waals surface area contributed by atoms with E-state index < -0.39 is 11.8 Å². The standard InChI is InChI=1S/C15H14N4O3/c20-13-7-2-1-6-12(13)15(22)17-10-14(21)19-18-9-11-5-3-4-8-16-11/h1-9,20H,10H2,(H,17,22)(H,19,21)/b18-9-. The number of hydrazone groups is 1. The number of aromatic hydroxyl groups is 1. The van der Waals surface area contributed by atoms with E-state index in [1.165, 1.54) is 18.3 Å². The first-order valence-corrected chi connectivity index (χ1v) is 6.46. The highest BCUT2D eigenvalue weighted by molar-refractivity contribution is 5.98. The highest BCUT2D eigenvalue weighted by atomic mass is 16.3. The van der Waals surface area contributed by atoms with Crippen LogP contribution in [0.25, 0.3) is 0 Å². The lowest BCUT2D eigenvalue weighted by Gasteiger charge is -2.05. The van der Waals surface area contributed by atoms with E-state index in [0.29, 0.717) is 5.69 Å². The molecule has 1 aromatic heterocycles. The summed E-state index contributed by atoms with van der Waals surface area (Å²) in [6, 6.07) is 11.4. The van der Waals surface area contributed by atoms with Crippen LogP contribution in [0.5, 0.6) is 5.75 Å². The van der Waals surface area contributed by atoms with E-state index in [1.54, 1.807) is 36.5 Å². The van der Waals surface area contributed by atoms with Gasteiger partial charge in [-0.1, -0.05) is 18.2 Å². The van der Waals surface area contributed by atoms with Crippen LogP contribution < -0.4 is 10.7 Å². The van der Waals surface area contributed by atoms with Gasteiger partial charge < -0.3 is 10.4 Å². The summed E-state index contributed by atoms with van der Waals surface area (Å²) in [5.41, 5.74) is 2.97. The minimum atomic E-state index is -0.540. The van der Waals surface area contributed by atoms with Crippen molar-refractivity contribution in [3.05, 3.63) is 59.9 Å². The van der Waals surface area contributed by atoms with Gasteiger partial charge in [-0.2, -0.15) is 5.10 Å². The zero-order valence-electron chi connectivity index (χ0n) is 11.6. The van der Waals surface area contributed by atoms with E-state index >= 15 is 0 Å². The van der Waals surface area contributed by atoms with Gasteiger partial charge in [-0.25, -0.2) is 5.43 Å². The van der Waals surface area contributed by atoms with Gasteiger partial charge in [0.05, 0.1) is 24.0 Å². The molecule has 0 unspecified atom stereocenters. The molecule has 0 spiro atoms. The van der Waals surface area contributed by atoms with Crippen LogP contribution in [0.4, 0.5) is 0 Å². The van der Waals surface area contributed by atoms with Crippen molar-refractivity contribution in [3.63, 3.8) is 0 Å². The fourth-order valence-electron chi connectivity index (χ4n) is 1.58. The van der Waals surface area contributed by atoms with Crippen LogP contribution in [0.15, 0.2) is 53.8 Å². The Kier molecular flexibility index (Phi) is 5.20. The Balaban J connectivity index is 1.80. The van der Waals surface area contributed by atoms with E-state index in [2.05, 4.69) is 20.8 Å². The number of hydrogen-bond donors (Lipinski definition) is 3. The van der Waals surface area contributed by atoms with E-state index in [4.69, 9.17) is 0 Å². The number of pyridine rings is 1. The number of phenolic OH excluding ortho intramolecular Hbond substituents is 1. The number of rotatable bonds is 5. The normalized spacial score (nSPS) is 10.4. The highest BCUT2D eigenvalue weighted by Crippen LogP contribution is 2.14. The fourth-order valence-corrected chi connectivity index (χ4v) is 1.58. The largest absolute Gasteiger partial charge is 0.507 e. The van der Waals surface area contributed by atoms with E-state index in [-0.39, 0.29) is 17.9 Å². The maximum absolute atomic E-state index is 11.8. The summed E-state index contributed by atoms with van der Waals surface area (Å²) in [4.78, 5) is 27.3. The third-order valence-corrected chi connectivity index (χ3v) is 2.63. The Morgan fingerprint density at radius 2 is 1.95 bits per heavy atom. The molecule has 3 N–H and O–H groups in total. The first-order valence-electron chi connectivity index (χ1n) is 6.46. The van der Waals surface area contributed by atoms with Gasteiger partial charge in [0.25, 0.3) is 11.8 Å². The molecular formula is C15H14N4O3. The maximum atomic E-state index is 11.8. The van der Waals surface area contributed by atoms with Crippen LogP contribution in [0.3, 0.4) is 0 Å². The van der Waals surface area contributed by atoms with Crippen molar-refractivity contribution in [2.45, 2.75) is 0 Å². The van der Waals surface area contributed by atoms with Crippen LogP contribution in [0.2, 0.25) is 0 Å². The Labute approximate surface area is 126 Å². The van der Waals surface area contributed by atoms with Crippen molar-refractivity contribution >= 4 is 18.0 Å². The van der Waals surface area contributed by atoms with Gasteiger partial charge in [-0.05, 0) is 24.3 Å². The molecule has 0 radical (unpaired) electrons. The molecule has 0 saturated heterocycles. The second-order valence-corrected chi connectivity index (χ2v) is 4.25. The van der Waals surface area contributed by atoms with Crippen LogP contribution in [0, 0.1) is 0 Å². The number of carbonyl (C=O) groups is 2. The van der Waals surface area contributed by atoms with Gasteiger partial charge in [0, 0.05) is 6.20 Å². The summed E-state index contributed by atoms with van der Waals surface area (Å²) in [5, 5.41) is 15.6. The zero-order valence-corrected chi connectivity index (χ0v) is 11.6. The van der Waals surface area contributed by atoms with Gasteiger partial charge in [-0.15, -0.1) is 0 Å². The van der Waals surface area contributed by atoms with Gasteiger partial charge in [-0.3, -0.25) is 14.6 Å². The summed E-state index contributed by atoms with van der Waals surface area (Å²) < 4.78 is 0. The van der Waals surface area contributed by atoms with Crippen LogP contribution >= 0.6 is 0 Å². The molecule has 0 aliphatic rings. The molecule has 2 rings (SSSR count). The predicted molar refractivity (Wildman–Crippen MR) is 80.4 cm³/mol. The number of benzene rings is 1. The Hall–Kier alpha value is -3.22. The predicted octanol–water partition coefficient (Wildman–Crippen LogP) is 0.667. The molecule has 22 heavy (non-hydrogen) atoms. The molecule has 0 aliphatic carbocycles. The maximum Gasteiger partial charge on any atom is 0.259 e. The van der Waals surface area contributed by atoms with Crippen molar-refractivity contribution in [1.29, 1.82) is 0 Å². The molecule has 112 valence electrons. The molecule has 0 fully saturated rings. The molecule has 7 heteroatoms. The third-order valence-electron chi connectivity index (χ3n) is 2.63. The van der Waals surface area contributed by atoms with Crippen molar-refractivity contribution in [3.8, 4) is 5.75 Å². The monoisotopic (exact) mass is 298 g/mol. The summed E-state index contributed by atoms with van der Waals surface area (Å²) in [7, 11) is 0. The van der Waals surface area contributed by atoms with E-state index in [9.17, 15) is 14.7 Å². The first kappa shape index (κ1) is 15.2. The molecule has 0 bridgehead atoms. The smallest absolute Gasteiger partial charge is 0.259 e. The summed E-state index contributed by atoms with van der Waals surface area (Å²) in [6.45, 7) is -0.257. The number of para-hydroxylation sites is 1. The van der Waals surface area contributed by atoms with Crippen LogP contribution in [-0.2, 0) is 4.79 Å². The molecule has 1 heterocycles. The minimum Gasteiger partial charge on any atom is -0.507 e. The average molecular weight is 298 g/mol. The van der Waals surface area contributed by atoms with Crippen molar-refractivity contribution in [1.82, 2.24) is 15.7 Å². The Morgan fingerprint density at radius 3 is 2.68 bits per heavy atom. The number of aromatic nitrogens is 1. The number of hydrogen-bond acceptors (Lipinski definition) is 5.